The minimum absolute atomic E-state index is 0.217. The fourth-order valence-electron chi connectivity index (χ4n) is 2.34. The lowest BCUT2D eigenvalue weighted by atomic mass is 10.2. The van der Waals surface area contributed by atoms with Crippen LogP contribution in [0.3, 0.4) is 0 Å². The molecule has 0 aliphatic heterocycles. The summed E-state index contributed by atoms with van der Waals surface area (Å²) in [5.41, 5.74) is 9.09. The van der Waals surface area contributed by atoms with Crippen LogP contribution in [0.4, 0.5) is 5.69 Å². The molecule has 0 saturated heterocycles. The third kappa shape index (κ3) is 3.06. The van der Waals surface area contributed by atoms with Gasteiger partial charge in [0.2, 0.25) is 0 Å². The molecule has 0 fully saturated rings. The van der Waals surface area contributed by atoms with Gasteiger partial charge < -0.3 is 20.2 Å². The Morgan fingerprint density at radius 3 is 2.87 bits per heavy atom. The van der Waals surface area contributed by atoms with Crippen LogP contribution >= 0.6 is 0 Å². The molecule has 0 spiro atoms. The number of imidazole rings is 1. The van der Waals surface area contributed by atoms with Crippen LogP contribution < -0.4 is 15.2 Å². The van der Waals surface area contributed by atoms with Gasteiger partial charge in [0.1, 0.15) is 23.9 Å². The van der Waals surface area contributed by atoms with Crippen molar-refractivity contribution in [2.75, 3.05) is 18.9 Å². The molecule has 0 bridgehead atoms. The number of nitrogens with one attached hydrogen (secondary N) is 1. The van der Waals surface area contributed by atoms with E-state index in [2.05, 4.69) is 15.9 Å². The smallest absolute Gasteiger partial charge is 0.148 e. The predicted octanol–water partition coefficient (Wildman–Crippen LogP) is 3.22. The van der Waals surface area contributed by atoms with Gasteiger partial charge in [-0.2, -0.15) is 0 Å². The molecule has 1 heterocycles. The van der Waals surface area contributed by atoms with Crippen molar-refractivity contribution in [1.82, 2.24) is 9.97 Å². The molecule has 3 N–H and O–H groups in total. The van der Waals surface area contributed by atoms with Crippen molar-refractivity contribution in [1.29, 1.82) is 0 Å². The normalized spacial score (nSPS) is 10.4. The Hall–Kier alpha value is -3.13. The van der Waals surface area contributed by atoms with Crippen molar-refractivity contribution in [2.24, 2.45) is 0 Å². The Bertz CT molecular complexity index is 878. The summed E-state index contributed by atoms with van der Waals surface area (Å²) in [6, 6.07) is 11.1. The minimum atomic E-state index is 0.217. The summed E-state index contributed by atoms with van der Waals surface area (Å²) < 4.78 is 11.2. The number of hydrogen-bond donors (Lipinski definition) is 2. The molecular formula is C18H17N3O2. The second kappa shape index (κ2) is 6.32. The van der Waals surface area contributed by atoms with Gasteiger partial charge in [0.05, 0.1) is 23.2 Å². The molecule has 3 aromatic rings. The zero-order chi connectivity index (χ0) is 16.2. The van der Waals surface area contributed by atoms with Crippen LogP contribution in [-0.4, -0.2) is 23.2 Å². The van der Waals surface area contributed by atoms with Gasteiger partial charge in [0.15, 0.2) is 0 Å². The van der Waals surface area contributed by atoms with E-state index in [1.165, 1.54) is 0 Å². The van der Waals surface area contributed by atoms with Gasteiger partial charge in [-0.25, -0.2) is 4.98 Å². The van der Waals surface area contributed by atoms with E-state index in [0.717, 1.165) is 22.4 Å². The largest absolute Gasteiger partial charge is 0.493 e. The van der Waals surface area contributed by atoms with Crippen molar-refractivity contribution in [2.45, 2.75) is 6.92 Å². The van der Waals surface area contributed by atoms with Gasteiger partial charge >= 0.3 is 0 Å². The van der Waals surface area contributed by atoms with Gasteiger partial charge in [-0.15, -0.1) is 6.42 Å². The number of H-pyrrole nitrogens is 1. The Morgan fingerprint density at radius 2 is 2.09 bits per heavy atom. The fraction of sp³-hybridized carbons (Fsp3) is 0.167. The van der Waals surface area contributed by atoms with Crippen LogP contribution in [0.5, 0.6) is 11.5 Å². The van der Waals surface area contributed by atoms with Crippen molar-refractivity contribution < 1.29 is 9.47 Å². The number of ether oxygens (including phenoxy) is 2. The van der Waals surface area contributed by atoms with E-state index in [1.807, 2.05) is 43.3 Å². The van der Waals surface area contributed by atoms with Gasteiger partial charge in [0.25, 0.3) is 0 Å². The topological polar surface area (TPSA) is 73.2 Å². The Morgan fingerprint density at radius 1 is 1.22 bits per heavy atom. The molecule has 116 valence electrons. The standard InChI is InChI=1S/C18H17N3O2/c1-3-9-23-13-6-7-14(17(11-13)22-4-2)18-20-15-8-5-12(19)10-16(15)21-18/h1,5-8,10-11H,4,9,19H2,2H3,(H,20,21). The summed E-state index contributed by atoms with van der Waals surface area (Å²) in [5, 5.41) is 0. The van der Waals surface area contributed by atoms with E-state index in [1.54, 1.807) is 0 Å². The summed E-state index contributed by atoms with van der Waals surface area (Å²) in [4.78, 5) is 7.86. The Balaban J connectivity index is 2.03. The number of terminal acetylenes is 1. The van der Waals surface area contributed by atoms with Crippen molar-refractivity contribution in [3.8, 4) is 35.2 Å². The van der Waals surface area contributed by atoms with Crippen LogP contribution in [0, 0.1) is 12.3 Å². The van der Waals surface area contributed by atoms with Gasteiger partial charge in [-0.3, -0.25) is 0 Å². The molecule has 0 amide bonds. The average molecular weight is 307 g/mol. The highest BCUT2D eigenvalue weighted by Gasteiger charge is 2.12. The zero-order valence-corrected chi connectivity index (χ0v) is 12.8. The van der Waals surface area contributed by atoms with Crippen molar-refractivity contribution >= 4 is 16.7 Å². The van der Waals surface area contributed by atoms with Gasteiger partial charge in [-0.05, 0) is 37.3 Å². The first-order chi connectivity index (χ1) is 11.2. The first kappa shape index (κ1) is 14.8. The summed E-state index contributed by atoms with van der Waals surface area (Å²) in [6.45, 7) is 2.69. The second-order valence-electron chi connectivity index (χ2n) is 4.95. The molecule has 0 aliphatic carbocycles. The van der Waals surface area contributed by atoms with E-state index in [9.17, 15) is 0 Å². The number of fused-ring (bicyclic) bond motifs is 1. The minimum Gasteiger partial charge on any atom is -0.493 e. The molecule has 2 aromatic carbocycles. The maximum atomic E-state index is 5.81. The Labute approximate surface area is 134 Å². The third-order valence-corrected chi connectivity index (χ3v) is 3.34. The lowest BCUT2D eigenvalue weighted by molar-refractivity contribution is 0.333. The van der Waals surface area contributed by atoms with Crippen molar-refractivity contribution in [3.63, 3.8) is 0 Å². The van der Waals surface area contributed by atoms with Gasteiger partial charge in [-0.1, -0.05) is 5.92 Å². The highest BCUT2D eigenvalue weighted by atomic mass is 16.5. The number of nitrogens with zero attached hydrogens (tertiary/aromatic N) is 1. The molecule has 0 radical (unpaired) electrons. The highest BCUT2D eigenvalue weighted by molar-refractivity contribution is 5.83. The number of rotatable bonds is 5. The first-order valence-corrected chi connectivity index (χ1v) is 7.30. The van der Waals surface area contributed by atoms with Crippen LogP contribution in [0.25, 0.3) is 22.4 Å². The lowest BCUT2D eigenvalue weighted by Gasteiger charge is -2.10. The van der Waals surface area contributed by atoms with Crippen molar-refractivity contribution in [3.05, 3.63) is 36.4 Å². The number of benzene rings is 2. The molecule has 5 heteroatoms. The molecule has 23 heavy (non-hydrogen) atoms. The molecular weight excluding hydrogens is 290 g/mol. The monoisotopic (exact) mass is 307 g/mol. The number of aromatic amines is 1. The first-order valence-electron chi connectivity index (χ1n) is 7.30. The maximum absolute atomic E-state index is 5.81. The molecule has 0 unspecified atom stereocenters. The number of nitrogen functional groups attached to an aromatic ring is 1. The summed E-state index contributed by atoms with van der Waals surface area (Å²) in [7, 11) is 0. The lowest BCUT2D eigenvalue weighted by Crippen LogP contribution is -1.98. The molecule has 5 nitrogen and oxygen atoms in total. The molecule has 0 atom stereocenters. The quantitative estimate of drug-likeness (QED) is 0.560. The predicted molar refractivity (Wildman–Crippen MR) is 91.4 cm³/mol. The third-order valence-electron chi connectivity index (χ3n) is 3.34. The molecule has 0 saturated carbocycles. The number of hydrogen-bond acceptors (Lipinski definition) is 4. The van der Waals surface area contributed by atoms with Crippen LogP contribution in [0.1, 0.15) is 6.92 Å². The molecule has 0 aliphatic rings. The second-order valence-corrected chi connectivity index (χ2v) is 4.95. The highest BCUT2D eigenvalue weighted by Crippen LogP contribution is 2.33. The Kier molecular flexibility index (Phi) is 4.07. The van der Waals surface area contributed by atoms with E-state index in [0.29, 0.717) is 23.8 Å². The maximum Gasteiger partial charge on any atom is 0.148 e. The fourth-order valence-corrected chi connectivity index (χ4v) is 2.34. The van der Waals surface area contributed by atoms with Gasteiger partial charge in [0, 0.05) is 11.8 Å². The average Bonchev–Trinajstić information content (AvgIpc) is 2.96. The summed E-state index contributed by atoms with van der Waals surface area (Å²) in [5.74, 6) is 4.51. The number of nitrogens with two attached hydrogens (primary N) is 1. The molecule has 1 aromatic heterocycles. The zero-order valence-electron chi connectivity index (χ0n) is 12.8. The van der Waals surface area contributed by atoms with Crippen LogP contribution in [-0.2, 0) is 0 Å². The summed E-state index contributed by atoms with van der Waals surface area (Å²) >= 11 is 0. The van der Waals surface area contributed by atoms with Crippen LogP contribution in [0.2, 0.25) is 0 Å². The SMILES string of the molecule is C#CCOc1ccc(-c2nc3ccc(N)cc3[nH]2)c(OCC)c1. The van der Waals surface area contributed by atoms with E-state index in [-0.39, 0.29) is 6.61 Å². The number of anilines is 1. The number of aromatic nitrogens is 2. The van der Waals surface area contributed by atoms with Crippen LogP contribution in [0.15, 0.2) is 36.4 Å². The van der Waals surface area contributed by atoms with E-state index < -0.39 is 0 Å². The summed E-state index contributed by atoms with van der Waals surface area (Å²) in [6.07, 6.45) is 5.22. The van der Waals surface area contributed by atoms with E-state index in [4.69, 9.17) is 21.6 Å². The van der Waals surface area contributed by atoms with E-state index >= 15 is 0 Å². The molecule has 3 rings (SSSR count).